The van der Waals surface area contributed by atoms with Crippen molar-refractivity contribution in [2.75, 3.05) is 0 Å². The molecule has 2 N–H and O–H groups in total. The number of hydrogen-bond donors (Lipinski definition) is 2. The maximum absolute atomic E-state index is 11.4. The first-order valence-corrected chi connectivity index (χ1v) is 10.6. The molecule has 0 saturated carbocycles. The zero-order valence-corrected chi connectivity index (χ0v) is 17.0. The number of rotatable bonds is 3. The highest BCUT2D eigenvalue weighted by Crippen LogP contribution is 2.39. The lowest BCUT2D eigenvalue weighted by molar-refractivity contribution is 0.0786. The number of nitrogens with one attached hydrogen (secondary N) is 1. The molecule has 0 aliphatic carbocycles. The van der Waals surface area contributed by atoms with Gasteiger partial charge in [0.15, 0.2) is 5.65 Å². The number of aromatic amines is 1. The third kappa shape index (κ3) is 2.54. The predicted octanol–water partition coefficient (Wildman–Crippen LogP) is 3.89. The Hall–Kier alpha value is -3.36. The lowest BCUT2D eigenvalue weighted by Crippen LogP contribution is -2.25. The summed E-state index contributed by atoms with van der Waals surface area (Å²) in [7, 11) is 0. The number of H-pyrrole nitrogens is 1. The first-order valence-electron chi connectivity index (χ1n) is 9.73. The molecule has 1 aliphatic rings. The number of hydrogen-bond acceptors (Lipinski definition) is 6. The van der Waals surface area contributed by atoms with E-state index in [0.717, 1.165) is 50.8 Å². The van der Waals surface area contributed by atoms with Gasteiger partial charge < -0.3 is 14.7 Å². The van der Waals surface area contributed by atoms with Crippen LogP contribution in [-0.2, 0) is 12.1 Å². The molecule has 1 aliphatic heterocycles. The molecule has 0 spiro atoms. The van der Waals surface area contributed by atoms with Crippen LogP contribution in [0.1, 0.15) is 23.5 Å². The van der Waals surface area contributed by atoms with Crippen LogP contribution in [0.2, 0.25) is 0 Å². The molecule has 1 atom stereocenters. The Balaban J connectivity index is 1.40. The lowest BCUT2D eigenvalue weighted by Gasteiger charge is -2.22. The van der Waals surface area contributed by atoms with Crippen molar-refractivity contribution in [2.45, 2.75) is 25.5 Å². The number of aliphatic hydroxyl groups is 1. The Bertz CT molecular complexity index is 1400. The van der Waals surface area contributed by atoms with Crippen LogP contribution in [0.25, 0.3) is 33.0 Å². The second-order valence-electron chi connectivity index (χ2n) is 7.58. The summed E-state index contributed by atoms with van der Waals surface area (Å²) in [4.78, 5) is 21.4. The summed E-state index contributed by atoms with van der Waals surface area (Å²) in [5.41, 5.74) is 5.02. The predicted molar refractivity (Wildman–Crippen MR) is 115 cm³/mol. The minimum atomic E-state index is -1.07. The van der Waals surface area contributed by atoms with Crippen molar-refractivity contribution in [3.63, 3.8) is 0 Å². The summed E-state index contributed by atoms with van der Waals surface area (Å²) < 4.78 is 2.01. The summed E-state index contributed by atoms with van der Waals surface area (Å²) in [6.45, 7) is 2.69. The standard InChI is InChI=1S/C22H18N6OS/c1-13-10-24-19-18(26-13)16(11-25-19)20-27-17(12-30-20)14-3-2-4-15(9-14)22(29)5-7-28-8-6-23-21(22)28/h2-4,6,8-12,29H,5,7H2,1H3,(H,24,25)/t22-/m0/s1. The van der Waals surface area contributed by atoms with Gasteiger partial charge in [0.2, 0.25) is 0 Å². The molecule has 4 aromatic heterocycles. The topological polar surface area (TPSA) is 92.5 Å². The van der Waals surface area contributed by atoms with Gasteiger partial charge in [0.1, 0.15) is 21.9 Å². The molecule has 0 fully saturated rings. The van der Waals surface area contributed by atoms with Gasteiger partial charge in [0.25, 0.3) is 0 Å². The van der Waals surface area contributed by atoms with Crippen molar-refractivity contribution >= 4 is 22.5 Å². The Morgan fingerprint density at radius 2 is 2.17 bits per heavy atom. The summed E-state index contributed by atoms with van der Waals surface area (Å²) in [6, 6.07) is 7.96. The van der Waals surface area contributed by atoms with Crippen LogP contribution in [0.15, 0.2) is 54.4 Å². The van der Waals surface area contributed by atoms with Gasteiger partial charge in [0.05, 0.1) is 23.1 Å². The second-order valence-corrected chi connectivity index (χ2v) is 8.44. The second kappa shape index (κ2) is 6.32. The normalized spacial score (nSPS) is 18.2. The van der Waals surface area contributed by atoms with E-state index in [9.17, 15) is 5.11 Å². The van der Waals surface area contributed by atoms with Gasteiger partial charge in [-0.3, -0.25) is 0 Å². The van der Waals surface area contributed by atoms with Crippen LogP contribution in [0.5, 0.6) is 0 Å². The average Bonchev–Trinajstić information content (AvgIpc) is 3.53. The van der Waals surface area contributed by atoms with E-state index in [1.165, 1.54) is 0 Å². The van der Waals surface area contributed by atoms with E-state index >= 15 is 0 Å². The highest BCUT2D eigenvalue weighted by atomic mass is 32.1. The SMILES string of the molecule is Cc1cnc2[nH]cc(-c3nc(-c4cccc([C@@]5(O)CCn6ccnc65)c4)cs3)c2n1. The Kier molecular flexibility index (Phi) is 3.68. The molecule has 0 bridgehead atoms. The first-order chi connectivity index (χ1) is 14.6. The monoisotopic (exact) mass is 414 g/mol. The fourth-order valence-electron chi connectivity index (χ4n) is 4.13. The number of nitrogens with zero attached hydrogens (tertiary/aromatic N) is 5. The number of thiazole rings is 1. The van der Waals surface area contributed by atoms with Crippen molar-refractivity contribution in [3.8, 4) is 21.8 Å². The molecule has 0 saturated heterocycles. The summed E-state index contributed by atoms with van der Waals surface area (Å²) in [5.74, 6) is 0.700. The zero-order chi connectivity index (χ0) is 20.3. The van der Waals surface area contributed by atoms with Crippen molar-refractivity contribution in [1.29, 1.82) is 0 Å². The maximum Gasteiger partial charge on any atom is 0.156 e. The summed E-state index contributed by atoms with van der Waals surface area (Å²) in [5, 5.41) is 14.3. The van der Waals surface area contributed by atoms with Crippen LogP contribution in [-0.4, -0.2) is 34.6 Å². The fraction of sp³-hybridized carbons (Fsp3) is 0.182. The molecule has 30 heavy (non-hydrogen) atoms. The van der Waals surface area contributed by atoms with Crippen molar-refractivity contribution in [1.82, 2.24) is 29.5 Å². The van der Waals surface area contributed by atoms with E-state index in [-0.39, 0.29) is 0 Å². The molecule has 0 unspecified atom stereocenters. The van der Waals surface area contributed by atoms with E-state index < -0.39 is 5.60 Å². The van der Waals surface area contributed by atoms with Gasteiger partial charge in [-0.15, -0.1) is 11.3 Å². The first kappa shape index (κ1) is 17.5. The average molecular weight is 414 g/mol. The van der Waals surface area contributed by atoms with Crippen molar-refractivity contribution in [3.05, 3.63) is 71.5 Å². The molecule has 148 valence electrons. The van der Waals surface area contributed by atoms with Crippen molar-refractivity contribution < 1.29 is 5.11 Å². The molecular formula is C22H18N6OS. The molecular weight excluding hydrogens is 396 g/mol. The number of benzene rings is 1. The minimum absolute atomic E-state index is 0.620. The van der Waals surface area contributed by atoms with Crippen LogP contribution in [0.4, 0.5) is 0 Å². The smallest absolute Gasteiger partial charge is 0.156 e. The molecule has 7 nitrogen and oxygen atoms in total. The van der Waals surface area contributed by atoms with E-state index in [1.54, 1.807) is 23.7 Å². The van der Waals surface area contributed by atoms with Crippen LogP contribution in [0, 0.1) is 6.92 Å². The van der Waals surface area contributed by atoms with Crippen molar-refractivity contribution in [2.24, 2.45) is 0 Å². The highest BCUT2D eigenvalue weighted by Gasteiger charge is 2.40. The third-order valence-corrected chi connectivity index (χ3v) is 6.55. The molecule has 8 heteroatoms. The molecule has 5 heterocycles. The Morgan fingerprint density at radius 1 is 1.23 bits per heavy atom. The molecule has 0 radical (unpaired) electrons. The quantitative estimate of drug-likeness (QED) is 0.467. The number of aromatic nitrogens is 6. The summed E-state index contributed by atoms with van der Waals surface area (Å²) >= 11 is 1.57. The van der Waals surface area contributed by atoms with E-state index in [1.807, 2.05) is 53.5 Å². The molecule has 6 rings (SSSR count). The largest absolute Gasteiger partial charge is 0.377 e. The van der Waals surface area contributed by atoms with Gasteiger partial charge >= 0.3 is 0 Å². The fourth-order valence-corrected chi connectivity index (χ4v) is 4.98. The minimum Gasteiger partial charge on any atom is -0.377 e. The third-order valence-electron chi connectivity index (χ3n) is 5.67. The summed E-state index contributed by atoms with van der Waals surface area (Å²) in [6.07, 6.45) is 7.93. The van der Waals surface area contributed by atoms with Gasteiger partial charge in [-0.05, 0) is 18.6 Å². The van der Waals surface area contributed by atoms with Gasteiger partial charge in [-0.2, -0.15) is 0 Å². The van der Waals surface area contributed by atoms with E-state index in [4.69, 9.17) is 4.98 Å². The van der Waals surface area contributed by atoms with Crippen LogP contribution >= 0.6 is 11.3 Å². The molecule has 0 amide bonds. The highest BCUT2D eigenvalue weighted by molar-refractivity contribution is 7.13. The number of imidazole rings is 1. The van der Waals surface area contributed by atoms with E-state index in [2.05, 4.69) is 19.9 Å². The zero-order valence-electron chi connectivity index (χ0n) is 16.2. The Labute approximate surface area is 176 Å². The van der Waals surface area contributed by atoms with Gasteiger partial charge in [-0.1, -0.05) is 18.2 Å². The van der Waals surface area contributed by atoms with Gasteiger partial charge in [-0.25, -0.2) is 19.9 Å². The van der Waals surface area contributed by atoms with Crippen LogP contribution in [0.3, 0.4) is 0 Å². The molecule has 5 aromatic rings. The lowest BCUT2D eigenvalue weighted by atomic mass is 9.90. The van der Waals surface area contributed by atoms with Crippen LogP contribution < -0.4 is 0 Å². The number of aryl methyl sites for hydroxylation is 2. The Morgan fingerprint density at radius 3 is 3.10 bits per heavy atom. The van der Waals surface area contributed by atoms with E-state index in [0.29, 0.717) is 12.2 Å². The van der Waals surface area contributed by atoms with Gasteiger partial charge in [0, 0.05) is 42.5 Å². The molecule has 1 aromatic carbocycles. The number of fused-ring (bicyclic) bond motifs is 2. The maximum atomic E-state index is 11.4.